The van der Waals surface area contributed by atoms with Gasteiger partial charge < -0.3 is 5.11 Å². The number of nitrogens with zero attached hydrogens (tertiary/aromatic N) is 2. The first kappa shape index (κ1) is 13.4. The van der Waals surface area contributed by atoms with E-state index in [0.717, 1.165) is 17.8 Å². The number of aliphatic hydroxyl groups excluding tert-OH is 1. The lowest BCUT2D eigenvalue weighted by Crippen LogP contribution is -2.10. The Bertz CT molecular complexity index is 519. The molecule has 2 aromatic rings. The Labute approximate surface area is 116 Å². The third-order valence-corrected chi connectivity index (χ3v) is 3.56. The second kappa shape index (κ2) is 5.74. The van der Waals surface area contributed by atoms with Crippen molar-refractivity contribution < 1.29 is 5.11 Å². The van der Waals surface area contributed by atoms with Crippen LogP contribution >= 0.6 is 23.2 Å². The molecule has 0 spiro atoms. The quantitative estimate of drug-likeness (QED) is 0.933. The molecule has 0 amide bonds. The third-order valence-electron chi connectivity index (χ3n) is 2.85. The van der Waals surface area contributed by atoms with Gasteiger partial charge in [-0.25, -0.2) is 0 Å². The van der Waals surface area contributed by atoms with Crippen molar-refractivity contribution in [3.63, 3.8) is 0 Å². The molecule has 0 bridgehead atoms. The van der Waals surface area contributed by atoms with Crippen molar-refractivity contribution >= 4 is 23.2 Å². The van der Waals surface area contributed by atoms with Crippen molar-refractivity contribution in [2.75, 3.05) is 0 Å². The van der Waals surface area contributed by atoms with Gasteiger partial charge in [0.15, 0.2) is 0 Å². The number of hydrogen-bond donors (Lipinski definition) is 1. The summed E-state index contributed by atoms with van der Waals surface area (Å²) in [4.78, 5) is 0. The summed E-state index contributed by atoms with van der Waals surface area (Å²) >= 11 is 12.2. The van der Waals surface area contributed by atoms with Gasteiger partial charge in [-0.15, -0.1) is 0 Å². The fourth-order valence-corrected chi connectivity index (χ4v) is 2.47. The van der Waals surface area contributed by atoms with Gasteiger partial charge in [0, 0.05) is 29.2 Å². The van der Waals surface area contributed by atoms with Crippen LogP contribution in [0.1, 0.15) is 24.3 Å². The van der Waals surface area contributed by atoms with E-state index in [9.17, 15) is 5.11 Å². The minimum atomic E-state index is -0.662. The molecule has 0 aliphatic rings. The first-order chi connectivity index (χ1) is 8.63. The van der Waals surface area contributed by atoms with Crippen LogP contribution in [0.5, 0.6) is 0 Å². The Morgan fingerprint density at radius 3 is 2.56 bits per heavy atom. The van der Waals surface area contributed by atoms with Gasteiger partial charge in [0.05, 0.1) is 11.8 Å². The topological polar surface area (TPSA) is 38.0 Å². The van der Waals surface area contributed by atoms with E-state index in [1.54, 1.807) is 35.1 Å². The Hall–Kier alpha value is -1.03. The molecule has 1 aromatic heterocycles. The first-order valence-corrected chi connectivity index (χ1v) is 6.51. The number of halogens is 2. The molecular formula is C13H14Cl2N2O. The average Bonchev–Trinajstić information content (AvgIpc) is 2.82. The van der Waals surface area contributed by atoms with Crippen molar-refractivity contribution in [3.8, 4) is 0 Å². The molecule has 1 aromatic carbocycles. The molecule has 0 radical (unpaired) electrons. The standard InChI is InChI=1S/C13H14Cl2N2O/c1-2-17-12(6-7-16-17)13(18)8-9-10(14)4-3-5-11(9)15/h3-7,13,18H,2,8H2,1H3. The minimum Gasteiger partial charge on any atom is -0.386 e. The lowest BCUT2D eigenvalue weighted by atomic mass is 10.1. The number of rotatable bonds is 4. The van der Waals surface area contributed by atoms with Crippen LogP contribution in [-0.2, 0) is 13.0 Å². The highest BCUT2D eigenvalue weighted by molar-refractivity contribution is 6.35. The van der Waals surface area contributed by atoms with Crippen molar-refractivity contribution in [3.05, 3.63) is 51.8 Å². The maximum Gasteiger partial charge on any atom is 0.0997 e. The highest BCUT2D eigenvalue weighted by atomic mass is 35.5. The van der Waals surface area contributed by atoms with E-state index in [1.165, 1.54) is 0 Å². The monoisotopic (exact) mass is 284 g/mol. The lowest BCUT2D eigenvalue weighted by molar-refractivity contribution is 0.167. The van der Waals surface area contributed by atoms with Crippen LogP contribution in [0, 0.1) is 0 Å². The SMILES string of the molecule is CCn1nccc1C(O)Cc1c(Cl)cccc1Cl. The molecule has 0 saturated carbocycles. The molecule has 18 heavy (non-hydrogen) atoms. The predicted octanol–water partition coefficient (Wildman–Crippen LogP) is 3.49. The Morgan fingerprint density at radius 1 is 1.28 bits per heavy atom. The zero-order valence-electron chi connectivity index (χ0n) is 9.98. The Balaban J connectivity index is 2.24. The van der Waals surface area contributed by atoms with Crippen LogP contribution in [0.4, 0.5) is 0 Å². The van der Waals surface area contributed by atoms with Crippen molar-refractivity contribution in [2.45, 2.75) is 26.0 Å². The summed E-state index contributed by atoms with van der Waals surface area (Å²) in [6.45, 7) is 2.70. The molecule has 2 rings (SSSR count). The van der Waals surface area contributed by atoms with Gasteiger partial charge in [0.25, 0.3) is 0 Å². The summed E-state index contributed by atoms with van der Waals surface area (Å²) in [7, 11) is 0. The van der Waals surface area contributed by atoms with Gasteiger partial charge in [-0.05, 0) is 30.7 Å². The summed E-state index contributed by atoms with van der Waals surface area (Å²) in [5.41, 5.74) is 1.53. The number of hydrogen-bond acceptors (Lipinski definition) is 2. The summed E-state index contributed by atoms with van der Waals surface area (Å²) in [6.07, 6.45) is 1.39. The number of aromatic nitrogens is 2. The van der Waals surface area contributed by atoms with E-state index in [1.807, 2.05) is 6.92 Å². The minimum absolute atomic E-state index is 0.379. The maximum absolute atomic E-state index is 10.2. The summed E-state index contributed by atoms with van der Waals surface area (Å²) < 4.78 is 1.76. The molecular weight excluding hydrogens is 271 g/mol. The van der Waals surface area contributed by atoms with Gasteiger partial charge >= 0.3 is 0 Å². The molecule has 96 valence electrons. The van der Waals surface area contributed by atoms with E-state index in [2.05, 4.69) is 5.10 Å². The molecule has 1 heterocycles. The molecule has 1 unspecified atom stereocenters. The number of aryl methyl sites for hydroxylation is 1. The molecule has 1 atom stereocenters. The lowest BCUT2D eigenvalue weighted by Gasteiger charge is -2.14. The van der Waals surface area contributed by atoms with Crippen LogP contribution in [0.3, 0.4) is 0 Å². The second-order valence-corrected chi connectivity index (χ2v) is 4.81. The van der Waals surface area contributed by atoms with Gasteiger partial charge in [-0.1, -0.05) is 29.3 Å². The average molecular weight is 285 g/mol. The fraction of sp³-hybridized carbons (Fsp3) is 0.308. The van der Waals surface area contributed by atoms with Crippen LogP contribution in [0.15, 0.2) is 30.5 Å². The van der Waals surface area contributed by atoms with E-state index in [-0.39, 0.29) is 0 Å². The predicted molar refractivity (Wildman–Crippen MR) is 73.0 cm³/mol. The Kier molecular flexibility index (Phi) is 4.27. The summed E-state index contributed by atoms with van der Waals surface area (Å²) in [6, 6.07) is 7.13. The molecule has 1 N–H and O–H groups in total. The second-order valence-electron chi connectivity index (χ2n) is 3.99. The van der Waals surface area contributed by atoms with Crippen LogP contribution in [-0.4, -0.2) is 14.9 Å². The fourth-order valence-electron chi connectivity index (χ4n) is 1.92. The van der Waals surface area contributed by atoms with Crippen molar-refractivity contribution in [1.29, 1.82) is 0 Å². The largest absolute Gasteiger partial charge is 0.386 e. The maximum atomic E-state index is 10.2. The van der Waals surface area contributed by atoms with Gasteiger partial charge in [0.2, 0.25) is 0 Å². The van der Waals surface area contributed by atoms with Gasteiger partial charge in [-0.3, -0.25) is 4.68 Å². The third kappa shape index (κ3) is 2.69. The molecule has 0 aliphatic carbocycles. The van der Waals surface area contributed by atoms with Gasteiger partial charge in [-0.2, -0.15) is 5.10 Å². The normalized spacial score (nSPS) is 12.7. The van der Waals surface area contributed by atoms with Crippen LogP contribution in [0.25, 0.3) is 0 Å². The Morgan fingerprint density at radius 2 is 1.94 bits per heavy atom. The van der Waals surface area contributed by atoms with E-state index in [4.69, 9.17) is 23.2 Å². The van der Waals surface area contributed by atoms with Crippen molar-refractivity contribution in [2.24, 2.45) is 0 Å². The number of aliphatic hydroxyl groups is 1. The highest BCUT2D eigenvalue weighted by Gasteiger charge is 2.16. The van der Waals surface area contributed by atoms with E-state index >= 15 is 0 Å². The zero-order chi connectivity index (χ0) is 13.1. The molecule has 0 aliphatic heterocycles. The zero-order valence-corrected chi connectivity index (χ0v) is 11.5. The highest BCUT2D eigenvalue weighted by Crippen LogP contribution is 2.29. The molecule has 5 heteroatoms. The molecule has 0 saturated heterocycles. The first-order valence-electron chi connectivity index (χ1n) is 5.76. The van der Waals surface area contributed by atoms with E-state index < -0.39 is 6.10 Å². The van der Waals surface area contributed by atoms with Crippen molar-refractivity contribution in [1.82, 2.24) is 9.78 Å². The molecule has 3 nitrogen and oxygen atoms in total. The summed E-state index contributed by atoms with van der Waals surface area (Å²) in [5.74, 6) is 0. The number of benzene rings is 1. The van der Waals surface area contributed by atoms with Crippen LogP contribution < -0.4 is 0 Å². The van der Waals surface area contributed by atoms with E-state index in [0.29, 0.717) is 16.5 Å². The summed E-state index contributed by atoms with van der Waals surface area (Å²) in [5, 5.41) is 15.5. The van der Waals surface area contributed by atoms with Gasteiger partial charge in [0.1, 0.15) is 0 Å². The smallest absolute Gasteiger partial charge is 0.0997 e. The van der Waals surface area contributed by atoms with Crippen LogP contribution in [0.2, 0.25) is 10.0 Å². The molecule has 0 fully saturated rings.